The van der Waals surface area contributed by atoms with Crippen LogP contribution in [0.3, 0.4) is 0 Å². The Morgan fingerprint density at radius 1 is 1.39 bits per heavy atom. The van der Waals surface area contributed by atoms with Crippen molar-refractivity contribution in [2.24, 2.45) is 5.92 Å². The number of amides is 2. The number of carbonyl (C=O) groups excluding carboxylic acids is 2. The Bertz CT molecular complexity index is 628. The van der Waals surface area contributed by atoms with E-state index in [1.807, 2.05) is 0 Å². The highest BCUT2D eigenvalue weighted by Crippen LogP contribution is 2.35. The summed E-state index contributed by atoms with van der Waals surface area (Å²) in [5.41, 5.74) is -1.07. The lowest BCUT2D eigenvalue weighted by Gasteiger charge is -2.34. The van der Waals surface area contributed by atoms with Gasteiger partial charge in [0.05, 0.1) is 5.69 Å². The molecule has 0 bridgehead atoms. The molecule has 23 heavy (non-hydrogen) atoms. The number of benzene rings is 1. The van der Waals surface area contributed by atoms with Crippen molar-refractivity contribution in [2.75, 3.05) is 11.9 Å². The number of halogens is 1. The molecule has 0 aromatic heterocycles. The fourth-order valence-electron chi connectivity index (χ4n) is 3.14. The lowest BCUT2D eigenvalue weighted by atomic mass is 9.89. The first-order valence-electron chi connectivity index (χ1n) is 8.07. The Hall–Kier alpha value is -1.75. The first-order valence-corrected chi connectivity index (χ1v) is 8.45. The molecule has 1 aromatic rings. The van der Waals surface area contributed by atoms with E-state index in [1.165, 1.54) is 26.2 Å². The van der Waals surface area contributed by atoms with Crippen molar-refractivity contribution < 1.29 is 14.3 Å². The van der Waals surface area contributed by atoms with Crippen LogP contribution in [0, 0.1) is 5.92 Å². The van der Waals surface area contributed by atoms with Gasteiger partial charge in [0.25, 0.3) is 17.4 Å². The molecule has 0 saturated heterocycles. The molecule has 3 rings (SSSR count). The van der Waals surface area contributed by atoms with E-state index in [-0.39, 0.29) is 0 Å². The monoisotopic (exact) mass is 336 g/mol. The average molecular weight is 337 g/mol. The molecule has 2 aliphatic rings. The topological polar surface area (TPSA) is 67.4 Å². The summed E-state index contributed by atoms with van der Waals surface area (Å²) in [7, 11) is 0. The highest BCUT2D eigenvalue weighted by Gasteiger charge is 2.47. The van der Waals surface area contributed by atoms with Gasteiger partial charge >= 0.3 is 0 Å². The first kappa shape index (κ1) is 16.1. The van der Waals surface area contributed by atoms with Crippen LogP contribution in [0.1, 0.15) is 39.0 Å². The van der Waals surface area contributed by atoms with Crippen molar-refractivity contribution in [1.82, 2.24) is 5.32 Å². The summed E-state index contributed by atoms with van der Waals surface area (Å²) >= 11 is 5.91. The molecular formula is C17H21ClN2O3. The molecule has 0 spiro atoms. The number of anilines is 1. The molecule has 1 aromatic carbocycles. The van der Waals surface area contributed by atoms with Crippen LogP contribution in [0.25, 0.3) is 0 Å². The summed E-state index contributed by atoms with van der Waals surface area (Å²) < 4.78 is 5.71. The minimum Gasteiger partial charge on any atom is -0.466 e. The number of fused-ring (bicyclic) bond motifs is 1. The van der Waals surface area contributed by atoms with Gasteiger partial charge in [-0.25, -0.2) is 0 Å². The number of carbonyl (C=O) groups is 2. The number of rotatable bonds is 3. The fourth-order valence-corrected chi connectivity index (χ4v) is 3.32. The summed E-state index contributed by atoms with van der Waals surface area (Å²) in [5.74, 6) is 0.0629. The Balaban J connectivity index is 1.69. The van der Waals surface area contributed by atoms with Gasteiger partial charge in [0, 0.05) is 11.6 Å². The molecule has 124 valence electrons. The smallest absolute Gasteiger partial charge is 0.278 e. The van der Waals surface area contributed by atoms with Crippen molar-refractivity contribution in [3.8, 4) is 5.75 Å². The average Bonchev–Trinajstić information content (AvgIpc) is 2.55. The SMILES string of the molecule is CC1(C(=O)NCC2CCCCC2)Oc2ccc(Cl)cc2NC1=O. The fraction of sp³-hybridized carbons (Fsp3) is 0.529. The van der Waals surface area contributed by atoms with Crippen LogP contribution in [0.4, 0.5) is 5.69 Å². The van der Waals surface area contributed by atoms with Crippen LogP contribution < -0.4 is 15.4 Å². The van der Waals surface area contributed by atoms with E-state index in [2.05, 4.69) is 10.6 Å². The number of ether oxygens (including phenoxy) is 1. The zero-order valence-corrected chi connectivity index (χ0v) is 13.9. The molecule has 1 saturated carbocycles. The van der Waals surface area contributed by atoms with Gasteiger partial charge < -0.3 is 15.4 Å². The molecule has 1 aliphatic heterocycles. The summed E-state index contributed by atoms with van der Waals surface area (Å²) in [6.45, 7) is 2.09. The molecule has 1 aliphatic carbocycles. The highest BCUT2D eigenvalue weighted by molar-refractivity contribution is 6.31. The van der Waals surface area contributed by atoms with Crippen LogP contribution in [0.2, 0.25) is 5.02 Å². The molecule has 2 amide bonds. The quantitative estimate of drug-likeness (QED) is 0.833. The molecule has 1 fully saturated rings. The van der Waals surface area contributed by atoms with E-state index >= 15 is 0 Å². The molecule has 5 nitrogen and oxygen atoms in total. The van der Waals surface area contributed by atoms with E-state index in [1.54, 1.807) is 18.2 Å². The second-order valence-corrected chi connectivity index (χ2v) is 6.88. The number of nitrogens with one attached hydrogen (secondary N) is 2. The van der Waals surface area contributed by atoms with Crippen molar-refractivity contribution >= 4 is 29.1 Å². The second kappa shape index (κ2) is 6.40. The van der Waals surface area contributed by atoms with Gasteiger partial charge in [0.15, 0.2) is 0 Å². The van der Waals surface area contributed by atoms with E-state index in [9.17, 15) is 9.59 Å². The molecule has 1 unspecified atom stereocenters. The molecule has 2 N–H and O–H groups in total. The molecule has 6 heteroatoms. The van der Waals surface area contributed by atoms with Crippen LogP contribution in [0.15, 0.2) is 18.2 Å². The Labute approximate surface area is 140 Å². The van der Waals surface area contributed by atoms with Crippen LogP contribution in [-0.2, 0) is 9.59 Å². The van der Waals surface area contributed by atoms with Gasteiger partial charge in [-0.2, -0.15) is 0 Å². The standard InChI is InChI=1S/C17H21ClN2O3/c1-17(15(21)19-10-11-5-3-2-4-6-11)16(22)20-13-9-12(18)7-8-14(13)23-17/h7-9,11H,2-6,10H2,1H3,(H,19,21)(H,20,22). The van der Waals surface area contributed by atoms with Crippen molar-refractivity contribution in [3.63, 3.8) is 0 Å². The first-order chi connectivity index (χ1) is 11.0. The normalized spacial score (nSPS) is 24.3. The van der Waals surface area contributed by atoms with Crippen molar-refractivity contribution in [3.05, 3.63) is 23.2 Å². The van der Waals surface area contributed by atoms with Gasteiger partial charge in [0.2, 0.25) is 0 Å². The lowest BCUT2D eigenvalue weighted by Crippen LogP contribution is -2.59. The van der Waals surface area contributed by atoms with E-state index in [0.29, 0.717) is 28.9 Å². The summed E-state index contributed by atoms with van der Waals surface area (Å²) in [5, 5.41) is 6.08. The molecule has 1 atom stereocenters. The van der Waals surface area contributed by atoms with Gasteiger partial charge in [-0.15, -0.1) is 0 Å². The third-order valence-electron chi connectivity index (χ3n) is 4.65. The zero-order valence-electron chi connectivity index (χ0n) is 13.2. The summed E-state index contributed by atoms with van der Waals surface area (Å²) in [6.07, 6.45) is 5.95. The lowest BCUT2D eigenvalue weighted by molar-refractivity contribution is -0.146. The summed E-state index contributed by atoms with van der Waals surface area (Å²) in [4.78, 5) is 24.9. The maximum atomic E-state index is 12.5. The third kappa shape index (κ3) is 3.29. The van der Waals surface area contributed by atoms with Crippen LogP contribution in [0.5, 0.6) is 5.75 Å². The number of hydrogen-bond acceptors (Lipinski definition) is 3. The largest absolute Gasteiger partial charge is 0.466 e. The Kier molecular flexibility index (Phi) is 4.48. The maximum absolute atomic E-state index is 12.5. The van der Waals surface area contributed by atoms with Crippen molar-refractivity contribution in [2.45, 2.75) is 44.6 Å². The van der Waals surface area contributed by atoms with Crippen molar-refractivity contribution in [1.29, 1.82) is 0 Å². The second-order valence-electron chi connectivity index (χ2n) is 6.44. The van der Waals surface area contributed by atoms with Gasteiger partial charge in [-0.05, 0) is 43.9 Å². The van der Waals surface area contributed by atoms with Gasteiger partial charge in [-0.3, -0.25) is 9.59 Å². The Morgan fingerprint density at radius 2 is 2.13 bits per heavy atom. The van der Waals surface area contributed by atoms with E-state index in [0.717, 1.165) is 12.8 Å². The molecular weight excluding hydrogens is 316 g/mol. The minimum atomic E-state index is -1.56. The van der Waals surface area contributed by atoms with E-state index < -0.39 is 17.4 Å². The predicted octanol–water partition coefficient (Wildman–Crippen LogP) is 3.13. The van der Waals surface area contributed by atoms with E-state index in [4.69, 9.17) is 16.3 Å². The third-order valence-corrected chi connectivity index (χ3v) is 4.88. The Morgan fingerprint density at radius 3 is 2.87 bits per heavy atom. The number of hydrogen-bond donors (Lipinski definition) is 2. The highest BCUT2D eigenvalue weighted by atomic mass is 35.5. The van der Waals surface area contributed by atoms with Gasteiger partial charge in [-0.1, -0.05) is 30.9 Å². The molecule has 0 radical (unpaired) electrons. The van der Waals surface area contributed by atoms with Crippen LogP contribution >= 0.6 is 11.6 Å². The minimum absolute atomic E-state index is 0.402. The maximum Gasteiger partial charge on any atom is 0.278 e. The van der Waals surface area contributed by atoms with Crippen LogP contribution in [-0.4, -0.2) is 24.0 Å². The molecule has 1 heterocycles. The van der Waals surface area contributed by atoms with Gasteiger partial charge in [0.1, 0.15) is 5.75 Å². The predicted molar refractivity (Wildman–Crippen MR) is 88.7 cm³/mol. The summed E-state index contributed by atoms with van der Waals surface area (Å²) in [6, 6.07) is 4.93. The zero-order chi connectivity index (χ0) is 16.4.